The Labute approximate surface area is 133 Å². The molecule has 2 aliphatic rings. The molecule has 2 N–H and O–H groups in total. The van der Waals surface area contributed by atoms with Gasteiger partial charge < -0.3 is 10.6 Å². The van der Waals surface area contributed by atoms with E-state index >= 15 is 0 Å². The first-order valence-corrected chi connectivity index (χ1v) is 8.90. The molecule has 0 spiro atoms. The van der Waals surface area contributed by atoms with Crippen molar-refractivity contribution in [1.82, 2.24) is 5.32 Å². The highest BCUT2D eigenvalue weighted by Crippen LogP contribution is 2.22. The normalized spacial score (nSPS) is 20.5. The molecule has 119 valence electrons. The molecule has 0 heterocycles. The molecule has 22 heavy (non-hydrogen) atoms. The van der Waals surface area contributed by atoms with Gasteiger partial charge in [-0.3, -0.25) is 4.79 Å². The largest absolute Gasteiger partial charge is 0.382 e. The van der Waals surface area contributed by atoms with Gasteiger partial charge in [-0.25, -0.2) is 0 Å². The van der Waals surface area contributed by atoms with Gasteiger partial charge in [-0.15, -0.1) is 0 Å². The van der Waals surface area contributed by atoms with Crippen molar-refractivity contribution >= 4 is 11.6 Å². The lowest BCUT2D eigenvalue weighted by Gasteiger charge is -2.24. The number of nitrogens with one attached hydrogen (secondary N) is 2. The van der Waals surface area contributed by atoms with Crippen molar-refractivity contribution < 1.29 is 4.79 Å². The smallest absolute Gasteiger partial charge is 0.251 e. The highest BCUT2D eigenvalue weighted by molar-refractivity contribution is 5.95. The molecule has 0 atom stereocenters. The van der Waals surface area contributed by atoms with Crippen LogP contribution in [0.5, 0.6) is 0 Å². The third-order valence-electron chi connectivity index (χ3n) is 4.97. The van der Waals surface area contributed by atoms with Crippen molar-refractivity contribution in [3.63, 3.8) is 0 Å². The number of anilines is 1. The molecule has 3 heteroatoms. The zero-order chi connectivity index (χ0) is 15.2. The quantitative estimate of drug-likeness (QED) is 0.870. The van der Waals surface area contributed by atoms with Crippen molar-refractivity contribution in [2.75, 3.05) is 5.32 Å². The Morgan fingerprint density at radius 1 is 0.955 bits per heavy atom. The summed E-state index contributed by atoms with van der Waals surface area (Å²) in [5.74, 6) is 0.0626. The van der Waals surface area contributed by atoms with Gasteiger partial charge in [-0.05, 0) is 37.8 Å². The average molecular weight is 299 g/mol. The lowest BCUT2D eigenvalue weighted by atomic mass is 9.95. The monoisotopic (exact) mass is 299 g/mol. The van der Waals surface area contributed by atoms with Crippen molar-refractivity contribution in [3.05, 3.63) is 29.8 Å². The van der Waals surface area contributed by atoms with E-state index in [2.05, 4.69) is 16.7 Å². The second kappa shape index (κ2) is 7.66. The maximum absolute atomic E-state index is 12.4. The summed E-state index contributed by atoms with van der Waals surface area (Å²) >= 11 is 0. The predicted molar refractivity (Wildman–Crippen MR) is 90.1 cm³/mol. The number of carbonyl (C=O) groups excluding carboxylic acids is 1. The minimum absolute atomic E-state index is 0.0626. The van der Waals surface area contributed by atoms with Crippen LogP contribution in [0.2, 0.25) is 0 Å². The standard InChI is InChI=1S/C19H27N2O/c22-19(21-17-11-5-2-6-12-17)15-8-7-13-18(14-15)20-16-9-3-1-4-10-16/h7-8,14,16-17,20H,1-6,9-12H2,(H,21,22). The molecule has 2 fully saturated rings. The number of rotatable bonds is 4. The number of carbonyl (C=O) groups is 1. The van der Waals surface area contributed by atoms with Crippen LogP contribution in [0.4, 0.5) is 5.69 Å². The predicted octanol–water partition coefficient (Wildman–Crippen LogP) is 4.29. The summed E-state index contributed by atoms with van der Waals surface area (Å²) in [7, 11) is 0. The zero-order valence-corrected chi connectivity index (χ0v) is 13.4. The fourth-order valence-electron chi connectivity index (χ4n) is 3.67. The van der Waals surface area contributed by atoms with Crippen molar-refractivity contribution in [3.8, 4) is 0 Å². The molecule has 2 saturated carbocycles. The first-order valence-electron chi connectivity index (χ1n) is 8.90. The Morgan fingerprint density at radius 3 is 2.27 bits per heavy atom. The van der Waals surface area contributed by atoms with E-state index in [4.69, 9.17) is 0 Å². The zero-order valence-electron chi connectivity index (χ0n) is 13.4. The Balaban J connectivity index is 1.58. The molecular weight excluding hydrogens is 272 g/mol. The highest BCUT2D eigenvalue weighted by Gasteiger charge is 2.17. The number of hydrogen-bond donors (Lipinski definition) is 2. The van der Waals surface area contributed by atoms with Crippen LogP contribution in [0.15, 0.2) is 18.2 Å². The lowest BCUT2D eigenvalue weighted by Crippen LogP contribution is -2.36. The molecule has 1 amide bonds. The van der Waals surface area contributed by atoms with Crippen LogP contribution in [-0.4, -0.2) is 18.0 Å². The summed E-state index contributed by atoms with van der Waals surface area (Å²) in [5.41, 5.74) is 1.71. The first-order chi connectivity index (χ1) is 10.8. The van der Waals surface area contributed by atoms with Crippen molar-refractivity contribution in [1.29, 1.82) is 0 Å². The third kappa shape index (κ3) is 4.25. The minimum Gasteiger partial charge on any atom is -0.382 e. The maximum atomic E-state index is 12.4. The van der Waals surface area contributed by atoms with Crippen LogP contribution >= 0.6 is 0 Å². The molecule has 0 bridgehead atoms. The number of amides is 1. The van der Waals surface area contributed by atoms with Gasteiger partial charge in [0.25, 0.3) is 5.91 Å². The van der Waals surface area contributed by atoms with E-state index in [-0.39, 0.29) is 5.91 Å². The molecule has 1 radical (unpaired) electrons. The fourth-order valence-corrected chi connectivity index (χ4v) is 3.67. The van der Waals surface area contributed by atoms with E-state index in [1.165, 1.54) is 51.4 Å². The summed E-state index contributed by atoms with van der Waals surface area (Å²) in [5, 5.41) is 6.73. The van der Waals surface area contributed by atoms with Gasteiger partial charge in [0.1, 0.15) is 0 Å². The van der Waals surface area contributed by atoms with Crippen LogP contribution in [-0.2, 0) is 0 Å². The summed E-state index contributed by atoms with van der Waals surface area (Å²) in [6.07, 6.45) is 12.4. The molecule has 2 aliphatic carbocycles. The second-order valence-electron chi connectivity index (χ2n) is 6.78. The van der Waals surface area contributed by atoms with Gasteiger partial charge in [0.2, 0.25) is 0 Å². The minimum atomic E-state index is 0.0626. The Hall–Kier alpha value is -1.51. The van der Waals surface area contributed by atoms with E-state index in [0.717, 1.165) is 24.1 Å². The molecule has 0 aromatic heterocycles. The fraction of sp³-hybridized carbons (Fsp3) is 0.632. The van der Waals surface area contributed by atoms with Gasteiger partial charge >= 0.3 is 0 Å². The second-order valence-corrected chi connectivity index (χ2v) is 6.78. The number of benzene rings is 1. The van der Waals surface area contributed by atoms with Gasteiger partial charge in [0.15, 0.2) is 0 Å². The third-order valence-corrected chi connectivity index (χ3v) is 4.97. The van der Waals surface area contributed by atoms with E-state index in [9.17, 15) is 4.79 Å². The summed E-state index contributed by atoms with van der Waals surface area (Å²) in [6, 6.07) is 9.81. The molecule has 3 nitrogen and oxygen atoms in total. The summed E-state index contributed by atoms with van der Waals surface area (Å²) < 4.78 is 0. The van der Waals surface area contributed by atoms with E-state index in [1.54, 1.807) is 0 Å². The molecule has 0 aliphatic heterocycles. The van der Waals surface area contributed by atoms with E-state index < -0.39 is 0 Å². The topological polar surface area (TPSA) is 41.1 Å². The van der Waals surface area contributed by atoms with Crippen LogP contribution < -0.4 is 10.6 Å². The number of hydrogen-bond acceptors (Lipinski definition) is 2. The van der Waals surface area contributed by atoms with Crippen LogP contribution in [0.1, 0.15) is 74.6 Å². The van der Waals surface area contributed by atoms with Crippen LogP contribution in [0, 0.1) is 6.07 Å². The Kier molecular flexibility index (Phi) is 5.36. The Bertz CT molecular complexity index is 488. The SMILES string of the molecule is O=C(NC1CCCCC1)c1cc[c]c(NC2CCCCC2)c1. The first kappa shape index (κ1) is 15.4. The Morgan fingerprint density at radius 2 is 1.59 bits per heavy atom. The van der Waals surface area contributed by atoms with Gasteiger partial charge in [0, 0.05) is 29.4 Å². The summed E-state index contributed by atoms with van der Waals surface area (Å²) in [6.45, 7) is 0. The molecular formula is C19H27N2O. The average Bonchev–Trinajstić information content (AvgIpc) is 2.57. The molecule has 1 aromatic rings. The molecule has 3 rings (SSSR count). The lowest BCUT2D eigenvalue weighted by molar-refractivity contribution is 0.0927. The molecule has 0 saturated heterocycles. The maximum Gasteiger partial charge on any atom is 0.251 e. The summed E-state index contributed by atoms with van der Waals surface area (Å²) in [4.78, 5) is 12.4. The van der Waals surface area contributed by atoms with Gasteiger partial charge in [-0.1, -0.05) is 44.6 Å². The van der Waals surface area contributed by atoms with Crippen LogP contribution in [0.3, 0.4) is 0 Å². The van der Waals surface area contributed by atoms with Crippen molar-refractivity contribution in [2.45, 2.75) is 76.3 Å². The highest BCUT2D eigenvalue weighted by atomic mass is 16.1. The van der Waals surface area contributed by atoms with Gasteiger partial charge in [0.05, 0.1) is 0 Å². The van der Waals surface area contributed by atoms with Crippen LogP contribution in [0.25, 0.3) is 0 Å². The van der Waals surface area contributed by atoms with Crippen molar-refractivity contribution in [2.24, 2.45) is 0 Å². The van der Waals surface area contributed by atoms with Gasteiger partial charge in [-0.2, -0.15) is 0 Å². The van der Waals surface area contributed by atoms with E-state index in [0.29, 0.717) is 12.1 Å². The molecule has 0 unspecified atom stereocenters. The molecule has 1 aromatic carbocycles. The van der Waals surface area contributed by atoms with E-state index in [1.807, 2.05) is 18.2 Å².